The predicted molar refractivity (Wildman–Crippen MR) is 106 cm³/mol. The molecule has 1 aromatic carbocycles. The summed E-state index contributed by atoms with van der Waals surface area (Å²) in [6.45, 7) is 4.09. The molecule has 2 aromatic heterocycles. The van der Waals surface area contributed by atoms with Crippen molar-refractivity contribution >= 4 is 29.1 Å². The van der Waals surface area contributed by atoms with Crippen LogP contribution in [0, 0.1) is 12.8 Å². The normalized spacial score (nSPS) is 17.3. The Labute approximate surface area is 163 Å². The van der Waals surface area contributed by atoms with Gasteiger partial charge >= 0.3 is 0 Å². The quantitative estimate of drug-likeness (QED) is 0.751. The number of nitrogens with one attached hydrogen (secondary N) is 1. The average Bonchev–Trinajstić information content (AvgIpc) is 3.13. The molecule has 0 saturated carbocycles. The number of anilines is 1. The summed E-state index contributed by atoms with van der Waals surface area (Å²) in [4.78, 5) is 14.8. The van der Waals surface area contributed by atoms with Crippen LogP contribution >= 0.6 is 11.6 Å². The van der Waals surface area contributed by atoms with Gasteiger partial charge in [0.25, 0.3) is 0 Å². The molecule has 3 aromatic rings. The van der Waals surface area contributed by atoms with Crippen molar-refractivity contribution in [2.45, 2.75) is 26.3 Å². The zero-order valence-corrected chi connectivity index (χ0v) is 16.0. The Morgan fingerprint density at radius 1 is 1.22 bits per heavy atom. The topological polar surface area (TPSA) is 62.5 Å². The van der Waals surface area contributed by atoms with Gasteiger partial charge in [0.15, 0.2) is 5.65 Å². The number of aromatic nitrogens is 3. The fourth-order valence-electron chi connectivity index (χ4n) is 3.60. The first-order valence-corrected chi connectivity index (χ1v) is 9.57. The van der Waals surface area contributed by atoms with Crippen molar-refractivity contribution in [2.75, 3.05) is 18.0 Å². The lowest BCUT2D eigenvalue weighted by atomic mass is 9.97. The number of aryl methyl sites for hydroxylation is 1. The van der Waals surface area contributed by atoms with Crippen LogP contribution in [0.4, 0.5) is 5.95 Å². The van der Waals surface area contributed by atoms with Crippen LogP contribution in [0.15, 0.2) is 42.5 Å². The molecule has 1 fully saturated rings. The maximum atomic E-state index is 12.7. The summed E-state index contributed by atoms with van der Waals surface area (Å²) in [5.41, 5.74) is 2.96. The molecule has 1 atom stereocenters. The van der Waals surface area contributed by atoms with Crippen molar-refractivity contribution in [1.29, 1.82) is 0 Å². The Kier molecular flexibility index (Phi) is 4.99. The summed E-state index contributed by atoms with van der Waals surface area (Å²) in [7, 11) is 0. The van der Waals surface area contributed by atoms with Gasteiger partial charge in [0.05, 0.1) is 5.92 Å². The maximum absolute atomic E-state index is 12.7. The van der Waals surface area contributed by atoms with E-state index >= 15 is 0 Å². The average molecular weight is 384 g/mol. The highest BCUT2D eigenvalue weighted by molar-refractivity contribution is 6.30. The number of carbonyl (C=O) groups excluding carboxylic acids is 1. The fraction of sp³-hybridized carbons (Fsp3) is 0.350. The Morgan fingerprint density at radius 3 is 2.85 bits per heavy atom. The van der Waals surface area contributed by atoms with Gasteiger partial charge in [-0.05, 0) is 49.6 Å². The molecule has 140 valence electrons. The lowest BCUT2D eigenvalue weighted by Crippen LogP contribution is -2.43. The molecule has 3 heterocycles. The SMILES string of the molecule is Cc1cccc2nnc(N3CCCC(C(=O)NCc4ccc(Cl)cc4)C3)n12. The summed E-state index contributed by atoms with van der Waals surface area (Å²) in [5.74, 6) is 0.848. The second kappa shape index (κ2) is 7.56. The van der Waals surface area contributed by atoms with Crippen molar-refractivity contribution in [3.63, 3.8) is 0 Å². The van der Waals surface area contributed by atoms with Crippen LogP contribution in [0.5, 0.6) is 0 Å². The van der Waals surface area contributed by atoms with Crippen LogP contribution in [0.3, 0.4) is 0 Å². The molecule has 6 nitrogen and oxygen atoms in total. The van der Waals surface area contributed by atoms with E-state index in [2.05, 4.69) is 20.4 Å². The van der Waals surface area contributed by atoms with E-state index in [1.54, 1.807) is 0 Å². The van der Waals surface area contributed by atoms with E-state index in [0.29, 0.717) is 18.1 Å². The molecule has 1 aliphatic rings. The molecule has 1 N–H and O–H groups in total. The van der Waals surface area contributed by atoms with Crippen LogP contribution in [0.1, 0.15) is 24.1 Å². The largest absolute Gasteiger partial charge is 0.352 e. The first kappa shape index (κ1) is 17.8. The lowest BCUT2D eigenvalue weighted by molar-refractivity contribution is -0.125. The number of halogens is 1. The summed E-state index contributed by atoms with van der Waals surface area (Å²) < 4.78 is 2.05. The van der Waals surface area contributed by atoms with Crippen molar-refractivity contribution in [2.24, 2.45) is 5.92 Å². The van der Waals surface area contributed by atoms with Crippen LogP contribution in [-0.4, -0.2) is 33.6 Å². The van der Waals surface area contributed by atoms with E-state index in [0.717, 1.165) is 42.2 Å². The molecule has 27 heavy (non-hydrogen) atoms. The summed E-state index contributed by atoms with van der Waals surface area (Å²) in [6.07, 6.45) is 1.85. The van der Waals surface area contributed by atoms with E-state index in [1.165, 1.54) is 0 Å². The van der Waals surface area contributed by atoms with Crippen LogP contribution in [0.2, 0.25) is 5.02 Å². The molecule has 1 amide bonds. The smallest absolute Gasteiger partial charge is 0.231 e. The predicted octanol–water partition coefficient (Wildman–Crippen LogP) is 3.22. The third-order valence-electron chi connectivity index (χ3n) is 5.06. The van der Waals surface area contributed by atoms with Crippen LogP contribution < -0.4 is 10.2 Å². The van der Waals surface area contributed by atoms with Gasteiger partial charge in [-0.2, -0.15) is 0 Å². The Morgan fingerprint density at radius 2 is 2.04 bits per heavy atom. The first-order valence-electron chi connectivity index (χ1n) is 9.19. The Balaban J connectivity index is 1.44. The number of amides is 1. The fourth-order valence-corrected chi connectivity index (χ4v) is 3.72. The molecule has 1 aliphatic heterocycles. The number of fused-ring (bicyclic) bond motifs is 1. The molecule has 1 saturated heterocycles. The zero-order valence-electron chi connectivity index (χ0n) is 15.2. The third kappa shape index (κ3) is 3.76. The zero-order chi connectivity index (χ0) is 18.8. The minimum absolute atomic E-state index is 0.0533. The van der Waals surface area contributed by atoms with E-state index in [4.69, 9.17) is 11.6 Å². The van der Waals surface area contributed by atoms with Gasteiger partial charge in [0.1, 0.15) is 0 Å². The third-order valence-corrected chi connectivity index (χ3v) is 5.31. The highest BCUT2D eigenvalue weighted by Crippen LogP contribution is 2.23. The minimum atomic E-state index is -0.0533. The van der Waals surface area contributed by atoms with Crippen molar-refractivity contribution in [3.05, 3.63) is 58.7 Å². The van der Waals surface area contributed by atoms with E-state index < -0.39 is 0 Å². The second-order valence-corrected chi connectivity index (χ2v) is 7.43. The molecule has 0 spiro atoms. The highest BCUT2D eigenvalue weighted by Gasteiger charge is 2.28. The van der Waals surface area contributed by atoms with Gasteiger partial charge in [-0.1, -0.05) is 29.8 Å². The number of carbonyl (C=O) groups is 1. The van der Waals surface area contributed by atoms with Gasteiger partial charge in [-0.15, -0.1) is 10.2 Å². The standard InChI is InChI=1S/C20H22ClN5O/c1-14-4-2-6-18-23-24-20(26(14)18)25-11-3-5-16(13-25)19(27)22-12-15-7-9-17(21)10-8-15/h2,4,6-10,16H,3,5,11-13H2,1H3,(H,22,27). The van der Waals surface area contributed by atoms with Crippen molar-refractivity contribution in [3.8, 4) is 0 Å². The van der Waals surface area contributed by atoms with Gasteiger partial charge in [-0.25, -0.2) is 0 Å². The van der Waals surface area contributed by atoms with Gasteiger partial charge in [-0.3, -0.25) is 9.20 Å². The van der Waals surface area contributed by atoms with Crippen molar-refractivity contribution < 1.29 is 4.79 Å². The van der Waals surface area contributed by atoms with Crippen LogP contribution in [-0.2, 0) is 11.3 Å². The highest BCUT2D eigenvalue weighted by atomic mass is 35.5. The molecule has 7 heteroatoms. The molecule has 4 rings (SSSR count). The molecule has 0 aliphatic carbocycles. The monoisotopic (exact) mass is 383 g/mol. The van der Waals surface area contributed by atoms with Gasteiger partial charge in [0.2, 0.25) is 11.9 Å². The first-order chi connectivity index (χ1) is 13.1. The van der Waals surface area contributed by atoms with Gasteiger partial charge in [0, 0.05) is 30.4 Å². The van der Waals surface area contributed by atoms with Crippen LogP contribution in [0.25, 0.3) is 5.65 Å². The number of rotatable bonds is 4. The molecular formula is C20H22ClN5O. The number of pyridine rings is 1. The molecule has 1 unspecified atom stereocenters. The number of piperidine rings is 1. The van der Waals surface area contributed by atoms with E-state index in [1.807, 2.05) is 53.8 Å². The van der Waals surface area contributed by atoms with Gasteiger partial charge < -0.3 is 10.2 Å². The Bertz CT molecular complexity index is 953. The Hall–Kier alpha value is -2.60. The summed E-state index contributed by atoms with van der Waals surface area (Å²) in [6, 6.07) is 13.5. The summed E-state index contributed by atoms with van der Waals surface area (Å²) >= 11 is 5.91. The molecular weight excluding hydrogens is 362 g/mol. The number of nitrogens with zero attached hydrogens (tertiary/aromatic N) is 4. The number of benzene rings is 1. The molecule has 0 radical (unpaired) electrons. The summed E-state index contributed by atoms with van der Waals surface area (Å²) in [5, 5.41) is 12.4. The number of hydrogen-bond donors (Lipinski definition) is 1. The van der Waals surface area contributed by atoms with Crippen molar-refractivity contribution in [1.82, 2.24) is 19.9 Å². The molecule has 0 bridgehead atoms. The lowest BCUT2D eigenvalue weighted by Gasteiger charge is -2.32. The maximum Gasteiger partial charge on any atom is 0.231 e. The second-order valence-electron chi connectivity index (χ2n) is 6.99. The number of hydrogen-bond acceptors (Lipinski definition) is 4. The van der Waals surface area contributed by atoms with E-state index in [9.17, 15) is 4.79 Å². The minimum Gasteiger partial charge on any atom is -0.352 e. The van der Waals surface area contributed by atoms with E-state index in [-0.39, 0.29) is 11.8 Å².